The average Bonchev–Trinajstić information content (AvgIpc) is 2.97. The highest BCUT2D eigenvalue weighted by Gasteiger charge is 2.37. The smallest absolute Gasteiger partial charge is 0.221 e. The summed E-state index contributed by atoms with van der Waals surface area (Å²) >= 11 is 0. The van der Waals surface area contributed by atoms with Gasteiger partial charge in [0.15, 0.2) is 0 Å². The summed E-state index contributed by atoms with van der Waals surface area (Å²) in [5.74, 6) is -0.0253. The van der Waals surface area contributed by atoms with E-state index in [-0.39, 0.29) is 5.91 Å². The quantitative estimate of drug-likeness (QED) is 0.889. The van der Waals surface area contributed by atoms with Crippen LogP contribution in [0, 0.1) is 6.92 Å². The van der Waals surface area contributed by atoms with Crippen LogP contribution in [0.1, 0.15) is 31.7 Å². The van der Waals surface area contributed by atoms with Crippen LogP contribution in [0.15, 0.2) is 18.2 Å². The van der Waals surface area contributed by atoms with Crippen LogP contribution >= 0.6 is 0 Å². The van der Waals surface area contributed by atoms with Crippen LogP contribution in [0.25, 0.3) is 0 Å². The molecule has 3 rings (SSSR count). The van der Waals surface area contributed by atoms with E-state index in [0.29, 0.717) is 12.1 Å². The highest BCUT2D eigenvalue weighted by Crippen LogP contribution is 2.31. The topological polar surface area (TPSA) is 44.4 Å². The molecule has 0 aliphatic carbocycles. The Labute approximate surface area is 120 Å². The van der Waals surface area contributed by atoms with Crippen molar-refractivity contribution in [1.29, 1.82) is 0 Å². The predicted molar refractivity (Wildman–Crippen MR) is 82.1 cm³/mol. The third kappa shape index (κ3) is 2.66. The molecule has 2 N–H and O–H groups in total. The summed E-state index contributed by atoms with van der Waals surface area (Å²) in [6.07, 6.45) is 3.85. The monoisotopic (exact) mass is 273 g/mol. The maximum Gasteiger partial charge on any atom is 0.221 e. The van der Waals surface area contributed by atoms with Gasteiger partial charge in [-0.3, -0.25) is 9.69 Å². The van der Waals surface area contributed by atoms with Crippen molar-refractivity contribution in [3.63, 3.8) is 0 Å². The van der Waals surface area contributed by atoms with Gasteiger partial charge in [0.05, 0.1) is 0 Å². The molecule has 1 amide bonds. The first-order valence-corrected chi connectivity index (χ1v) is 7.52. The summed E-state index contributed by atoms with van der Waals surface area (Å²) in [6, 6.07) is 7.31. The van der Waals surface area contributed by atoms with E-state index in [9.17, 15) is 4.79 Å². The Hall–Kier alpha value is -1.55. The molecule has 0 saturated carbocycles. The number of anilines is 2. The molecule has 20 heavy (non-hydrogen) atoms. The van der Waals surface area contributed by atoms with Crippen molar-refractivity contribution in [3.8, 4) is 0 Å². The largest absolute Gasteiger partial charge is 0.380 e. The van der Waals surface area contributed by atoms with Gasteiger partial charge in [0.1, 0.15) is 0 Å². The number of nitrogens with zero attached hydrogens (tertiary/aromatic N) is 1. The lowest BCUT2D eigenvalue weighted by molar-refractivity contribution is -0.114. The van der Waals surface area contributed by atoms with Gasteiger partial charge in [0.25, 0.3) is 0 Å². The van der Waals surface area contributed by atoms with Crippen molar-refractivity contribution in [1.82, 2.24) is 4.90 Å². The maximum atomic E-state index is 11.2. The number of nitrogens with one attached hydrogen (secondary N) is 2. The fraction of sp³-hybridized carbons (Fsp3) is 0.562. The van der Waals surface area contributed by atoms with Crippen molar-refractivity contribution >= 4 is 17.3 Å². The van der Waals surface area contributed by atoms with Crippen molar-refractivity contribution in [3.05, 3.63) is 23.8 Å². The fourth-order valence-corrected chi connectivity index (χ4v) is 3.51. The Morgan fingerprint density at radius 1 is 1.30 bits per heavy atom. The van der Waals surface area contributed by atoms with Crippen LogP contribution in [0.3, 0.4) is 0 Å². The molecule has 0 spiro atoms. The van der Waals surface area contributed by atoms with E-state index in [1.165, 1.54) is 37.9 Å². The Kier molecular flexibility index (Phi) is 3.66. The van der Waals surface area contributed by atoms with Crippen LogP contribution in [-0.4, -0.2) is 36.0 Å². The molecule has 2 heterocycles. The second kappa shape index (κ2) is 5.44. The van der Waals surface area contributed by atoms with Crippen LogP contribution in [0.2, 0.25) is 0 Å². The number of hydrogen-bond acceptors (Lipinski definition) is 3. The van der Waals surface area contributed by atoms with E-state index in [2.05, 4.69) is 28.5 Å². The molecule has 2 atom stereocenters. The molecule has 2 aliphatic rings. The standard InChI is InChI=1S/C16H23N3O/c1-11-5-6-13(17-12(2)20)10-15(11)18-14-7-9-19-8-3-4-16(14)19/h5-6,10,14,16,18H,3-4,7-9H2,1-2H3,(H,17,20). The number of hydrogen-bond donors (Lipinski definition) is 2. The van der Waals surface area contributed by atoms with Gasteiger partial charge in [-0.2, -0.15) is 0 Å². The highest BCUT2D eigenvalue weighted by molar-refractivity contribution is 5.89. The number of fused-ring (bicyclic) bond motifs is 1. The first-order chi connectivity index (χ1) is 9.63. The zero-order valence-corrected chi connectivity index (χ0v) is 12.3. The molecule has 2 aliphatic heterocycles. The second-order valence-electron chi connectivity index (χ2n) is 6.00. The third-order valence-electron chi connectivity index (χ3n) is 4.50. The molecule has 4 heteroatoms. The average molecular weight is 273 g/mol. The minimum Gasteiger partial charge on any atom is -0.380 e. The number of carbonyl (C=O) groups is 1. The van der Waals surface area contributed by atoms with Crippen LogP contribution < -0.4 is 10.6 Å². The van der Waals surface area contributed by atoms with Crippen molar-refractivity contribution in [2.75, 3.05) is 23.7 Å². The molecule has 108 valence electrons. The molecular formula is C16H23N3O. The first-order valence-electron chi connectivity index (χ1n) is 7.52. The second-order valence-corrected chi connectivity index (χ2v) is 6.00. The van der Waals surface area contributed by atoms with Crippen molar-refractivity contribution in [2.24, 2.45) is 0 Å². The number of aryl methyl sites for hydroxylation is 1. The molecule has 2 saturated heterocycles. The molecule has 1 aromatic rings. The highest BCUT2D eigenvalue weighted by atomic mass is 16.1. The fourth-order valence-electron chi connectivity index (χ4n) is 3.51. The van der Waals surface area contributed by atoms with Gasteiger partial charge in [-0.15, -0.1) is 0 Å². The molecule has 0 radical (unpaired) electrons. The molecule has 0 aromatic heterocycles. The Morgan fingerprint density at radius 3 is 2.95 bits per heavy atom. The Balaban J connectivity index is 1.74. The molecule has 0 bridgehead atoms. The van der Waals surface area contributed by atoms with Gasteiger partial charge in [0, 0.05) is 36.9 Å². The van der Waals surface area contributed by atoms with Gasteiger partial charge in [-0.25, -0.2) is 0 Å². The minimum atomic E-state index is -0.0253. The number of amides is 1. The lowest BCUT2D eigenvalue weighted by Gasteiger charge is -2.23. The molecular weight excluding hydrogens is 250 g/mol. The molecule has 1 aromatic carbocycles. The Bertz CT molecular complexity index is 514. The number of rotatable bonds is 3. The molecule has 2 unspecified atom stereocenters. The summed E-state index contributed by atoms with van der Waals surface area (Å²) in [7, 11) is 0. The van der Waals surface area contributed by atoms with Gasteiger partial charge >= 0.3 is 0 Å². The summed E-state index contributed by atoms with van der Waals surface area (Å²) < 4.78 is 0. The van der Waals surface area contributed by atoms with Crippen LogP contribution in [0.5, 0.6) is 0 Å². The maximum absolute atomic E-state index is 11.2. The Morgan fingerprint density at radius 2 is 2.15 bits per heavy atom. The van der Waals surface area contributed by atoms with Crippen molar-refractivity contribution in [2.45, 2.75) is 45.2 Å². The van der Waals surface area contributed by atoms with Crippen LogP contribution in [0.4, 0.5) is 11.4 Å². The lowest BCUT2D eigenvalue weighted by Crippen LogP contribution is -2.33. The first kappa shape index (κ1) is 13.4. The summed E-state index contributed by atoms with van der Waals surface area (Å²) in [4.78, 5) is 13.8. The lowest BCUT2D eigenvalue weighted by atomic mass is 10.1. The normalized spacial score (nSPS) is 25.5. The van der Waals surface area contributed by atoms with E-state index >= 15 is 0 Å². The summed E-state index contributed by atoms with van der Waals surface area (Å²) in [5.41, 5.74) is 3.25. The van der Waals surface area contributed by atoms with Gasteiger partial charge in [0.2, 0.25) is 5.91 Å². The van der Waals surface area contributed by atoms with E-state index in [1.807, 2.05) is 12.1 Å². The summed E-state index contributed by atoms with van der Waals surface area (Å²) in [5, 5.41) is 6.56. The van der Waals surface area contributed by atoms with Gasteiger partial charge in [-0.05, 0) is 50.4 Å². The van der Waals surface area contributed by atoms with Crippen LogP contribution in [-0.2, 0) is 4.79 Å². The predicted octanol–water partition coefficient (Wildman–Crippen LogP) is 2.60. The van der Waals surface area contributed by atoms with E-state index in [1.54, 1.807) is 6.92 Å². The number of carbonyl (C=O) groups excluding carboxylic acids is 1. The van der Waals surface area contributed by atoms with E-state index < -0.39 is 0 Å². The number of benzene rings is 1. The molecule has 4 nitrogen and oxygen atoms in total. The molecule has 2 fully saturated rings. The minimum absolute atomic E-state index is 0.0253. The van der Waals surface area contributed by atoms with Crippen molar-refractivity contribution < 1.29 is 4.79 Å². The van der Waals surface area contributed by atoms with Gasteiger partial charge in [-0.1, -0.05) is 6.07 Å². The zero-order valence-electron chi connectivity index (χ0n) is 12.3. The zero-order chi connectivity index (χ0) is 14.1. The van der Waals surface area contributed by atoms with Gasteiger partial charge < -0.3 is 10.6 Å². The van der Waals surface area contributed by atoms with E-state index in [4.69, 9.17) is 0 Å². The SMILES string of the molecule is CC(=O)Nc1ccc(C)c(NC2CCN3CCCC23)c1. The summed E-state index contributed by atoms with van der Waals surface area (Å²) in [6.45, 7) is 6.13. The third-order valence-corrected chi connectivity index (χ3v) is 4.50. The van der Waals surface area contributed by atoms with E-state index in [0.717, 1.165) is 11.4 Å².